The maximum absolute atomic E-state index is 9.27. The molecule has 20 heavy (non-hydrogen) atoms. The molecule has 0 atom stereocenters. The van der Waals surface area contributed by atoms with Gasteiger partial charge >= 0.3 is 0 Å². The van der Waals surface area contributed by atoms with E-state index in [1.807, 2.05) is 0 Å². The van der Waals surface area contributed by atoms with Gasteiger partial charge in [-0.15, -0.1) is 0 Å². The van der Waals surface area contributed by atoms with Gasteiger partial charge in [-0.1, -0.05) is 18.2 Å². The van der Waals surface area contributed by atoms with Gasteiger partial charge in [0.2, 0.25) is 0 Å². The minimum atomic E-state index is -0.306. The zero-order chi connectivity index (χ0) is 14.2. The van der Waals surface area contributed by atoms with Crippen molar-refractivity contribution in [1.29, 1.82) is 5.26 Å². The van der Waals surface area contributed by atoms with Crippen LogP contribution in [0.4, 0.5) is 0 Å². The number of aryl methyl sites for hydroxylation is 1. The van der Waals surface area contributed by atoms with Crippen LogP contribution in [0.1, 0.15) is 5.56 Å². The Morgan fingerprint density at radius 1 is 1.40 bits per heavy atom. The molecule has 0 saturated carbocycles. The molecule has 1 aliphatic heterocycles. The molecule has 0 amide bonds. The molecule has 1 aromatic carbocycles. The molecule has 0 radical (unpaired) electrons. The van der Waals surface area contributed by atoms with Crippen molar-refractivity contribution >= 4 is 10.9 Å². The van der Waals surface area contributed by atoms with Gasteiger partial charge in [-0.05, 0) is 18.7 Å². The molecule has 0 spiro atoms. The molecule has 1 fully saturated rings. The first-order valence-corrected chi connectivity index (χ1v) is 6.84. The Balaban J connectivity index is 1.78. The van der Waals surface area contributed by atoms with Crippen molar-refractivity contribution in [2.24, 2.45) is 12.5 Å². The summed E-state index contributed by atoms with van der Waals surface area (Å²) in [6, 6.07) is 10.8. The topological polar surface area (TPSA) is 41.2 Å². The molecule has 3 rings (SSSR count). The average Bonchev–Trinajstić information content (AvgIpc) is 2.71. The summed E-state index contributed by atoms with van der Waals surface area (Å²) in [6.07, 6.45) is 2.18. The molecule has 104 valence electrons. The summed E-state index contributed by atoms with van der Waals surface area (Å²) in [7, 11) is 4.14. The lowest BCUT2D eigenvalue weighted by Gasteiger charge is -2.37. The number of ether oxygens (including phenoxy) is 1. The van der Waals surface area contributed by atoms with E-state index in [9.17, 15) is 5.26 Å². The standard InChI is InChI=1S/C16H19N3O/c1-18(10-16(9-17)11-20-12-16)7-13-8-19(2)15-6-4-3-5-14(13)15/h3-6,8H,7,10-12H2,1-2H3. The maximum atomic E-state index is 9.27. The van der Waals surface area contributed by atoms with Crippen molar-refractivity contribution in [2.75, 3.05) is 26.8 Å². The lowest BCUT2D eigenvalue weighted by molar-refractivity contribution is -0.0895. The molecule has 2 aromatic rings. The smallest absolute Gasteiger partial charge is 0.116 e. The van der Waals surface area contributed by atoms with E-state index in [-0.39, 0.29) is 5.41 Å². The van der Waals surface area contributed by atoms with Crippen molar-refractivity contribution in [3.05, 3.63) is 36.0 Å². The van der Waals surface area contributed by atoms with Crippen LogP contribution in [0, 0.1) is 16.7 Å². The second-order valence-electron chi connectivity index (χ2n) is 5.84. The summed E-state index contributed by atoms with van der Waals surface area (Å²) < 4.78 is 7.36. The Bertz CT molecular complexity index is 664. The summed E-state index contributed by atoms with van der Waals surface area (Å²) in [4.78, 5) is 2.22. The van der Waals surface area contributed by atoms with Crippen LogP contribution < -0.4 is 0 Å². The lowest BCUT2D eigenvalue weighted by atomic mass is 9.87. The highest BCUT2D eigenvalue weighted by Gasteiger charge is 2.39. The molecule has 0 N–H and O–H groups in total. The van der Waals surface area contributed by atoms with Crippen molar-refractivity contribution in [3.8, 4) is 6.07 Å². The third-order valence-corrected chi connectivity index (χ3v) is 3.99. The van der Waals surface area contributed by atoms with Crippen LogP contribution in [0.5, 0.6) is 0 Å². The number of hydrogen-bond acceptors (Lipinski definition) is 3. The summed E-state index contributed by atoms with van der Waals surface area (Å²) in [6.45, 7) is 2.73. The number of nitriles is 1. The van der Waals surface area contributed by atoms with E-state index < -0.39 is 0 Å². The molecule has 0 unspecified atom stereocenters. The van der Waals surface area contributed by atoms with Crippen LogP contribution in [-0.4, -0.2) is 36.3 Å². The summed E-state index contributed by atoms with van der Waals surface area (Å²) >= 11 is 0. The second-order valence-corrected chi connectivity index (χ2v) is 5.84. The first-order chi connectivity index (χ1) is 9.63. The molecular formula is C16H19N3O. The second kappa shape index (κ2) is 4.93. The number of fused-ring (bicyclic) bond motifs is 1. The van der Waals surface area contributed by atoms with Crippen LogP contribution >= 0.6 is 0 Å². The zero-order valence-electron chi connectivity index (χ0n) is 12.0. The molecule has 1 aromatic heterocycles. The summed E-state index contributed by atoms with van der Waals surface area (Å²) in [5.74, 6) is 0. The highest BCUT2D eigenvalue weighted by atomic mass is 16.5. The Hall–Kier alpha value is -1.83. The molecule has 2 heterocycles. The highest BCUT2D eigenvalue weighted by molar-refractivity contribution is 5.83. The number of benzene rings is 1. The average molecular weight is 269 g/mol. The number of aromatic nitrogens is 1. The van der Waals surface area contributed by atoms with Gasteiger partial charge in [0.1, 0.15) is 5.41 Å². The molecule has 0 bridgehead atoms. The fourth-order valence-electron chi connectivity index (χ4n) is 2.95. The van der Waals surface area contributed by atoms with Gasteiger partial charge in [-0.2, -0.15) is 5.26 Å². The van der Waals surface area contributed by atoms with Crippen LogP contribution in [-0.2, 0) is 18.3 Å². The summed E-state index contributed by atoms with van der Waals surface area (Å²) in [5.41, 5.74) is 2.25. The maximum Gasteiger partial charge on any atom is 0.116 e. The van der Waals surface area contributed by atoms with Crippen LogP contribution in [0.2, 0.25) is 0 Å². The van der Waals surface area contributed by atoms with Gasteiger partial charge in [-0.25, -0.2) is 0 Å². The molecule has 4 nitrogen and oxygen atoms in total. The fourth-order valence-corrected chi connectivity index (χ4v) is 2.95. The number of para-hydroxylation sites is 1. The third kappa shape index (κ3) is 2.20. The third-order valence-electron chi connectivity index (χ3n) is 3.99. The van der Waals surface area contributed by atoms with Gasteiger partial charge in [0.15, 0.2) is 0 Å². The number of rotatable bonds is 4. The zero-order valence-corrected chi connectivity index (χ0v) is 12.0. The van der Waals surface area contributed by atoms with Gasteiger partial charge in [-0.3, -0.25) is 0 Å². The minimum Gasteiger partial charge on any atom is -0.378 e. The van der Waals surface area contributed by atoms with Crippen molar-refractivity contribution in [2.45, 2.75) is 6.54 Å². The normalized spacial score (nSPS) is 17.1. The number of hydrogen-bond donors (Lipinski definition) is 0. The van der Waals surface area contributed by atoms with Crippen molar-refractivity contribution < 1.29 is 4.74 Å². The van der Waals surface area contributed by atoms with E-state index >= 15 is 0 Å². The van der Waals surface area contributed by atoms with E-state index in [1.54, 1.807) is 0 Å². The van der Waals surface area contributed by atoms with E-state index in [1.165, 1.54) is 16.5 Å². The molecule has 4 heteroatoms. The van der Waals surface area contributed by atoms with Crippen LogP contribution in [0.3, 0.4) is 0 Å². The molecule has 0 aliphatic carbocycles. The Labute approximate surface area is 119 Å². The van der Waals surface area contributed by atoms with Gasteiger partial charge in [0, 0.05) is 37.2 Å². The lowest BCUT2D eigenvalue weighted by Crippen LogP contribution is -2.48. The van der Waals surface area contributed by atoms with Gasteiger partial charge in [0.05, 0.1) is 19.3 Å². The van der Waals surface area contributed by atoms with E-state index in [0.717, 1.165) is 13.1 Å². The van der Waals surface area contributed by atoms with E-state index in [4.69, 9.17) is 4.74 Å². The Morgan fingerprint density at radius 3 is 2.80 bits per heavy atom. The quantitative estimate of drug-likeness (QED) is 0.854. The van der Waals surface area contributed by atoms with Gasteiger partial charge in [0.25, 0.3) is 0 Å². The summed E-state index contributed by atoms with van der Waals surface area (Å²) in [5, 5.41) is 10.6. The first kappa shape index (κ1) is 13.2. The number of nitrogens with zero attached hydrogens (tertiary/aromatic N) is 3. The van der Waals surface area contributed by atoms with Crippen molar-refractivity contribution in [1.82, 2.24) is 9.47 Å². The molecule has 1 saturated heterocycles. The molecule has 1 aliphatic rings. The van der Waals surface area contributed by atoms with Crippen LogP contribution in [0.25, 0.3) is 10.9 Å². The van der Waals surface area contributed by atoms with E-state index in [2.05, 4.69) is 60.1 Å². The largest absolute Gasteiger partial charge is 0.378 e. The fraction of sp³-hybridized carbons (Fsp3) is 0.438. The van der Waals surface area contributed by atoms with Crippen LogP contribution in [0.15, 0.2) is 30.5 Å². The highest BCUT2D eigenvalue weighted by Crippen LogP contribution is 2.28. The predicted octanol–water partition coefficient (Wildman–Crippen LogP) is 2.15. The predicted molar refractivity (Wildman–Crippen MR) is 78.1 cm³/mol. The first-order valence-electron chi connectivity index (χ1n) is 6.84. The van der Waals surface area contributed by atoms with E-state index in [0.29, 0.717) is 13.2 Å². The Kier molecular flexibility index (Phi) is 3.25. The van der Waals surface area contributed by atoms with Crippen molar-refractivity contribution in [3.63, 3.8) is 0 Å². The molecular weight excluding hydrogens is 250 g/mol. The Morgan fingerprint density at radius 2 is 2.15 bits per heavy atom. The monoisotopic (exact) mass is 269 g/mol. The minimum absolute atomic E-state index is 0.306. The SMILES string of the molecule is CN(Cc1cn(C)c2ccccc12)CC1(C#N)COC1. The van der Waals surface area contributed by atoms with Gasteiger partial charge < -0.3 is 14.2 Å².